The van der Waals surface area contributed by atoms with Crippen LogP contribution in [0.25, 0.3) is 11.1 Å². The minimum absolute atomic E-state index is 0. The summed E-state index contributed by atoms with van der Waals surface area (Å²) in [4.78, 5) is 3.31. The van der Waals surface area contributed by atoms with Crippen molar-refractivity contribution in [2.45, 2.75) is 137 Å². The summed E-state index contributed by atoms with van der Waals surface area (Å²) in [6.07, 6.45) is 26.0. The first-order chi connectivity index (χ1) is 26.0. The molecule has 4 aromatic carbocycles. The Kier molecular flexibility index (Phi) is 28.9. The first-order valence-electron chi connectivity index (χ1n) is 20.4. The summed E-state index contributed by atoms with van der Waals surface area (Å²) in [5.74, 6) is 2.88. The maximum atomic E-state index is 9.37. The average Bonchev–Trinajstić information content (AvgIpc) is 3.19. The molecule has 3 heteroatoms. The largest absolute Gasteiger partial charge is 2.00 e. The van der Waals surface area contributed by atoms with E-state index in [1.807, 2.05) is 48.5 Å². The Morgan fingerprint density at radius 2 is 1.19 bits per heavy atom. The Labute approximate surface area is 340 Å². The second-order valence-corrected chi connectivity index (χ2v) is 13.9. The monoisotopic (exact) mass is 764 g/mol. The first kappa shape index (κ1) is 48.0. The standard InChI is InChI=1S/C37H52N2.2C7H7.Ni/c1-4-7-10-12-13-14-15-16-18-23-34-24-19-20-25-36(34)37(30-33(31-39-38)22-17-11-8-5-2)35-28-26-32(27-29-35)21-9-6-3;2*1-7-5-3-2-4-6-7;/h15-16,19-20,24-30H,4-14,17-18,21-23H2,1-3H3;2*3-6H,1H3;/q;2*-1;+2. The van der Waals surface area contributed by atoms with Gasteiger partial charge in [-0.2, -0.15) is 71.8 Å². The topological polar surface area (TPSA) is 36.4 Å². The van der Waals surface area contributed by atoms with E-state index < -0.39 is 0 Å². The summed E-state index contributed by atoms with van der Waals surface area (Å²) in [7, 11) is 0. The molecule has 2 nitrogen and oxygen atoms in total. The Balaban J connectivity index is 0.000000800. The average molecular weight is 766 g/mol. The minimum atomic E-state index is 0. The van der Waals surface area contributed by atoms with Crippen LogP contribution in [-0.2, 0) is 29.3 Å². The van der Waals surface area contributed by atoms with Gasteiger partial charge in [0.05, 0.1) is 5.57 Å². The molecular weight excluding hydrogens is 699 g/mol. The van der Waals surface area contributed by atoms with Crippen molar-refractivity contribution in [2.75, 3.05) is 0 Å². The summed E-state index contributed by atoms with van der Waals surface area (Å²) in [6, 6.07) is 39.5. The van der Waals surface area contributed by atoms with Gasteiger partial charge in [-0.1, -0.05) is 147 Å². The fourth-order valence-corrected chi connectivity index (χ4v) is 5.97. The molecule has 0 atom stereocenters. The molecule has 0 saturated heterocycles. The molecule has 290 valence electrons. The molecule has 0 aliphatic heterocycles. The van der Waals surface area contributed by atoms with Crippen LogP contribution in [0.5, 0.6) is 0 Å². The molecule has 0 radical (unpaired) electrons. The second-order valence-electron chi connectivity index (χ2n) is 13.9. The van der Waals surface area contributed by atoms with Crippen molar-refractivity contribution < 1.29 is 21.3 Å². The summed E-state index contributed by atoms with van der Waals surface area (Å²) >= 11 is 0. The number of rotatable bonds is 20. The molecule has 0 N–H and O–H groups in total. The van der Waals surface area contributed by atoms with Crippen LogP contribution in [0.4, 0.5) is 0 Å². The van der Waals surface area contributed by atoms with Crippen molar-refractivity contribution in [1.29, 1.82) is 0 Å². The zero-order valence-electron chi connectivity index (χ0n) is 34.0. The fraction of sp³-hybridized carbons (Fsp3) is 0.412. The summed E-state index contributed by atoms with van der Waals surface area (Å²) in [6.45, 7) is 10.9. The molecule has 0 heterocycles. The Morgan fingerprint density at radius 3 is 1.74 bits per heavy atom. The van der Waals surface area contributed by atoms with E-state index in [4.69, 9.17) is 0 Å². The van der Waals surface area contributed by atoms with Crippen LogP contribution in [0.3, 0.4) is 0 Å². The van der Waals surface area contributed by atoms with Crippen LogP contribution >= 0.6 is 0 Å². The molecule has 4 aromatic rings. The normalized spacial score (nSPS) is 10.6. The molecule has 0 fully saturated rings. The smallest absolute Gasteiger partial charge is 0.348 e. The number of allylic oxidation sites excluding steroid dienone is 4. The van der Waals surface area contributed by atoms with Gasteiger partial charge >= 0.3 is 22.4 Å². The van der Waals surface area contributed by atoms with Crippen molar-refractivity contribution >= 4 is 11.4 Å². The van der Waals surface area contributed by atoms with Crippen LogP contribution in [0.2, 0.25) is 0 Å². The number of benzene rings is 4. The van der Waals surface area contributed by atoms with Crippen LogP contribution in [0.1, 0.15) is 144 Å². The van der Waals surface area contributed by atoms with Gasteiger partial charge in [0.1, 0.15) is 0 Å². The Hall–Kier alpha value is -3.99. The van der Waals surface area contributed by atoms with E-state index in [1.54, 1.807) is 0 Å². The number of hydrogen-bond acceptors (Lipinski definition) is 0. The molecule has 0 spiro atoms. The van der Waals surface area contributed by atoms with Crippen molar-refractivity contribution in [1.82, 2.24) is 0 Å². The summed E-state index contributed by atoms with van der Waals surface area (Å²) < 4.78 is 0. The van der Waals surface area contributed by atoms with E-state index in [9.17, 15) is 5.53 Å². The predicted octanol–water partition coefficient (Wildman–Crippen LogP) is 14.7. The van der Waals surface area contributed by atoms with Gasteiger partial charge in [0, 0.05) is 0 Å². The quantitative estimate of drug-likeness (QED) is 0.0126. The van der Waals surface area contributed by atoms with Crippen molar-refractivity contribution in [3.05, 3.63) is 172 Å². The third-order valence-corrected chi connectivity index (χ3v) is 9.19. The number of aryl methyl sites for hydroxylation is 4. The zero-order chi connectivity index (χ0) is 38.2. The zero-order valence-corrected chi connectivity index (χ0v) is 35.0. The van der Waals surface area contributed by atoms with Gasteiger partial charge in [0.15, 0.2) is 0 Å². The van der Waals surface area contributed by atoms with Crippen LogP contribution < -0.4 is 0 Å². The van der Waals surface area contributed by atoms with Crippen LogP contribution in [-0.4, -0.2) is 10.7 Å². The molecular formula is C51H66N2Ni. The predicted molar refractivity (Wildman–Crippen MR) is 230 cm³/mol. The molecule has 0 unspecified atom stereocenters. The van der Waals surface area contributed by atoms with Gasteiger partial charge in [-0.3, -0.25) is 0 Å². The molecule has 0 amide bonds. The van der Waals surface area contributed by atoms with Gasteiger partial charge in [0.25, 0.3) is 0 Å². The number of unbranched alkanes of at least 4 members (excludes halogenated alkanes) is 9. The van der Waals surface area contributed by atoms with Gasteiger partial charge in [0.2, 0.25) is 0 Å². The van der Waals surface area contributed by atoms with E-state index in [0.717, 1.165) is 37.7 Å². The Morgan fingerprint density at radius 1 is 0.630 bits per heavy atom. The van der Waals surface area contributed by atoms with E-state index in [2.05, 4.69) is 124 Å². The minimum Gasteiger partial charge on any atom is -0.348 e. The van der Waals surface area contributed by atoms with Gasteiger partial charge in [-0.25, -0.2) is 0 Å². The third-order valence-electron chi connectivity index (χ3n) is 9.19. The molecule has 0 aromatic heterocycles. The molecule has 0 bridgehead atoms. The van der Waals surface area contributed by atoms with Crippen molar-refractivity contribution in [3.8, 4) is 0 Å². The molecule has 4 rings (SSSR count). The summed E-state index contributed by atoms with van der Waals surface area (Å²) in [5, 5.41) is 0. The van der Waals surface area contributed by atoms with E-state index >= 15 is 0 Å². The third kappa shape index (κ3) is 22.3. The van der Waals surface area contributed by atoms with Crippen molar-refractivity contribution in [3.63, 3.8) is 0 Å². The fourth-order valence-electron chi connectivity index (χ4n) is 5.97. The van der Waals surface area contributed by atoms with Crippen LogP contribution in [0, 0.1) is 26.0 Å². The van der Waals surface area contributed by atoms with Gasteiger partial charge < -0.3 is 5.53 Å². The van der Waals surface area contributed by atoms with E-state index in [1.165, 1.54) is 110 Å². The van der Waals surface area contributed by atoms with Crippen molar-refractivity contribution in [2.24, 2.45) is 0 Å². The maximum Gasteiger partial charge on any atom is 2.00 e. The molecule has 54 heavy (non-hydrogen) atoms. The van der Waals surface area contributed by atoms with Gasteiger partial charge in [-0.05, 0) is 85.3 Å². The van der Waals surface area contributed by atoms with Gasteiger partial charge in [-0.15, -0.1) is 4.79 Å². The SMILES string of the molecule is CCCCCCCC=CCCc1ccccc1C(=CC(=C=[N+]=[N-])CCCCCC)c1ccc(CCCC)cc1.Cc1cc[c-]cc1.Cc1cc[c-]cc1.[Ni+2]. The molecule has 0 aliphatic rings. The second kappa shape index (κ2) is 32.4. The maximum absolute atomic E-state index is 9.37. The number of nitrogens with zero attached hydrogens (tertiary/aromatic N) is 2. The first-order valence-corrected chi connectivity index (χ1v) is 20.4. The number of hydrogen-bond donors (Lipinski definition) is 0. The van der Waals surface area contributed by atoms with E-state index in [0.29, 0.717) is 0 Å². The molecule has 0 saturated carbocycles. The molecule has 0 aliphatic carbocycles. The van der Waals surface area contributed by atoms with Crippen LogP contribution in [0.15, 0.2) is 121 Å². The Bertz CT molecular complexity index is 1600. The summed E-state index contributed by atoms with van der Waals surface area (Å²) in [5.41, 5.74) is 19.3. The van der Waals surface area contributed by atoms with E-state index in [-0.39, 0.29) is 16.5 Å².